The molecule has 1 rings (SSSR count). The van der Waals surface area contributed by atoms with E-state index in [1.807, 2.05) is 0 Å². The number of nitro benzene ring substituents is 1. The summed E-state index contributed by atoms with van der Waals surface area (Å²) >= 11 is 0. The van der Waals surface area contributed by atoms with Gasteiger partial charge in [-0.3, -0.25) is 14.9 Å². The minimum atomic E-state index is -0.645. The third-order valence-electron chi connectivity index (χ3n) is 2.01. The summed E-state index contributed by atoms with van der Waals surface area (Å²) in [7, 11) is 0. The smallest absolute Gasteiger partial charge is 0.325 e. The Bertz CT molecular complexity index is 489. The molecule has 19 heavy (non-hydrogen) atoms. The lowest BCUT2D eigenvalue weighted by Crippen LogP contribution is -2.34. The van der Waals surface area contributed by atoms with Crippen LogP contribution in [0.4, 0.5) is 16.2 Å². The summed E-state index contributed by atoms with van der Waals surface area (Å²) in [5.74, 6) is -0.559. The first-order valence-corrected chi connectivity index (χ1v) is 5.48. The maximum atomic E-state index is 11.4. The SMILES string of the molecule is CCOC(=O)CNC(=O)Nc1cccc([N+](=O)[O-])c1. The van der Waals surface area contributed by atoms with Crippen LogP contribution in [0.5, 0.6) is 0 Å². The molecule has 0 aliphatic rings. The number of nitrogens with zero attached hydrogens (tertiary/aromatic N) is 1. The number of carbonyl (C=O) groups excluding carboxylic acids is 2. The van der Waals surface area contributed by atoms with Crippen LogP contribution in [-0.4, -0.2) is 30.1 Å². The standard InChI is InChI=1S/C11H13N3O5/c1-2-19-10(15)7-12-11(16)13-8-4-3-5-9(6-8)14(17)18/h3-6H,2,7H2,1H3,(H2,12,13,16). The van der Waals surface area contributed by atoms with Gasteiger partial charge in [-0.15, -0.1) is 0 Å². The molecule has 0 aliphatic heterocycles. The second-order valence-electron chi connectivity index (χ2n) is 3.42. The van der Waals surface area contributed by atoms with Crippen LogP contribution in [0.2, 0.25) is 0 Å². The minimum Gasteiger partial charge on any atom is -0.465 e. The molecule has 0 saturated heterocycles. The predicted octanol–water partition coefficient (Wildman–Crippen LogP) is 1.28. The third-order valence-corrected chi connectivity index (χ3v) is 2.01. The minimum absolute atomic E-state index is 0.136. The second kappa shape index (κ2) is 6.94. The van der Waals surface area contributed by atoms with E-state index in [4.69, 9.17) is 0 Å². The van der Waals surface area contributed by atoms with E-state index in [1.54, 1.807) is 6.92 Å². The molecule has 0 aromatic heterocycles. The number of hydrogen-bond acceptors (Lipinski definition) is 5. The Balaban J connectivity index is 2.50. The van der Waals surface area contributed by atoms with Crippen molar-refractivity contribution < 1.29 is 19.2 Å². The average molecular weight is 267 g/mol. The lowest BCUT2D eigenvalue weighted by molar-refractivity contribution is -0.384. The first-order valence-electron chi connectivity index (χ1n) is 5.48. The number of carbonyl (C=O) groups is 2. The van der Waals surface area contributed by atoms with Gasteiger partial charge in [0.2, 0.25) is 0 Å². The molecule has 1 aromatic carbocycles. The fourth-order valence-electron chi connectivity index (χ4n) is 1.24. The zero-order chi connectivity index (χ0) is 14.3. The van der Waals surface area contributed by atoms with Crippen molar-refractivity contribution in [1.82, 2.24) is 5.32 Å². The lowest BCUT2D eigenvalue weighted by Gasteiger charge is -2.07. The number of nitrogens with one attached hydrogen (secondary N) is 2. The van der Waals surface area contributed by atoms with Crippen molar-refractivity contribution in [3.63, 3.8) is 0 Å². The molecular weight excluding hydrogens is 254 g/mol. The van der Waals surface area contributed by atoms with Gasteiger partial charge in [-0.1, -0.05) is 6.07 Å². The summed E-state index contributed by atoms with van der Waals surface area (Å²) in [4.78, 5) is 32.4. The van der Waals surface area contributed by atoms with Crippen molar-refractivity contribution in [1.29, 1.82) is 0 Å². The van der Waals surface area contributed by atoms with Crippen molar-refractivity contribution >= 4 is 23.4 Å². The Morgan fingerprint density at radius 2 is 2.16 bits per heavy atom. The van der Waals surface area contributed by atoms with E-state index in [0.29, 0.717) is 0 Å². The molecule has 0 atom stereocenters. The zero-order valence-corrected chi connectivity index (χ0v) is 10.2. The van der Waals surface area contributed by atoms with E-state index < -0.39 is 16.9 Å². The summed E-state index contributed by atoms with van der Waals surface area (Å²) < 4.78 is 4.62. The molecule has 102 valence electrons. The largest absolute Gasteiger partial charge is 0.465 e. The Morgan fingerprint density at radius 3 is 2.79 bits per heavy atom. The first-order chi connectivity index (χ1) is 9.02. The number of rotatable bonds is 5. The highest BCUT2D eigenvalue weighted by molar-refractivity contribution is 5.91. The van der Waals surface area contributed by atoms with E-state index in [-0.39, 0.29) is 24.5 Å². The quantitative estimate of drug-likeness (QED) is 0.474. The molecule has 0 spiro atoms. The van der Waals surface area contributed by atoms with Crippen molar-refractivity contribution in [2.24, 2.45) is 0 Å². The van der Waals surface area contributed by atoms with Crippen molar-refractivity contribution in [2.75, 3.05) is 18.5 Å². The summed E-state index contributed by atoms with van der Waals surface area (Å²) in [6.07, 6.45) is 0. The molecule has 0 unspecified atom stereocenters. The number of amides is 2. The molecule has 0 aliphatic carbocycles. The average Bonchev–Trinajstić information content (AvgIpc) is 2.37. The molecule has 1 aromatic rings. The van der Waals surface area contributed by atoms with Crippen LogP contribution in [0.25, 0.3) is 0 Å². The van der Waals surface area contributed by atoms with Gasteiger partial charge >= 0.3 is 12.0 Å². The number of benzene rings is 1. The number of ether oxygens (including phenoxy) is 1. The van der Waals surface area contributed by atoms with Crippen LogP contribution in [0, 0.1) is 10.1 Å². The normalized spacial score (nSPS) is 9.53. The van der Waals surface area contributed by atoms with Crippen molar-refractivity contribution in [2.45, 2.75) is 6.92 Å². The number of non-ortho nitro benzene ring substituents is 1. The van der Waals surface area contributed by atoms with Crippen molar-refractivity contribution in [3.8, 4) is 0 Å². The van der Waals surface area contributed by atoms with Gasteiger partial charge in [0.1, 0.15) is 6.54 Å². The molecule has 0 fully saturated rings. The van der Waals surface area contributed by atoms with E-state index in [0.717, 1.165) is 0 Å². The Morgan fingerprint density at radius 1 is 1.42 bits per heavy atom. The molecule has 0 bridgehead atoms. The molecule has 8 nitrogen and oxygen atoms in total. The van der Waals surface area contributed by atoms with Crippen LogP contribution in [0.15, 0.2) is 24.3 Å². The molecule has 8 heteroatoms. The van der Waals surface area contributed by atoms with Crippen LogP contribution in [-0.2, 0) is 9.53 Å². The fraction of sp³-hybridized carbons (Fsp3) is 0.273. The van der Waals surface area contributed by atoms with Gasteiger partial charge in [-0.05, 0) is 13.0 Å². The van der Waals surface area contributed by atoms with Crippen LogP contribution in [0.1, 0.15) is 6.92 Å². The molecular formula is C11H13N3O5. The van der Waals surface area contributed by atoms with Gasteiger partial charge in [0.25, 0.3) is 5.69 Å². The molecule has 0 radical (unpaired) electrons. The third kappa shape index (κ3) is 5.02. The highest BCUT2D eigenvalue weighted by Gasteiger charge is 2.09. The van der Waals surface area contributed by atoms with Crippen LogP contribution < -0.4 is 10.6 Å². The topological polar surface area (TPSA) is 111 Å². The fourth-order valence-corrected chi connectivity index (χ4v) is 1.24. The number of nitro groups is 1. The van der Waals surface area contributed by atoms with Gasteiger partial charge in [0.15, 0.2) is 0 Å². The molecule has 0 saturated carbocycles. The summed E-state index contributed by atoms with van der Waals surface area (Å²) in [6, 6.07) is 4.82. The van der Waals surface area contributed by atoms with Gasteiger partial charge in [-0.25, -0.2) is 4.79 Å². The number of hydrogen-bond donors (Lipinski definition) is 2. The number of anilines is 1. The summed E-state index contributed by atoms with van der Waals surface area (Å²) in [5.41, 5.74) is 0.124. The van der Waals surface area contributed by atoms with Crippen molar-refractivity contribution in [3.05, 3.63) is 34.4 Å². The summed E-state index contributed by atoms with van der Waals surface area (Å²) in [6.45, 7) is 1.61. The first kappa shape index (κ1) is 14.4. The number of urea groups is 1. The highest BCUT2D eigenvalue weighted by Crippen LogP contribution is 2.16. The maximum absolute atomic E-state index is 11.4. The van der Waals surface area contributed by atoms with Gasteiger partial charge in [0.05, 0.1) is 11.5 Å². The van der Waals surface area contributed by atoms with Gasteiger partial charge in [0, 0.05) is 17.8 Å². The monoisotopic (exact) mass is 267 g/mol. The molecule has 0 heterocycles. The second-order valence-corrected chi connectivity index (χ2v) is 3.42. The maximum Gasteiger partial charge on any atom is 0.325 e. The van der Waals surface area contributed by atoms with E-state index in [9.17, 15) is 19.7 Å². The predicted molar refractivity (Wildman–Crippen MR) is 66.8 cm³/mol. The zero-order valence-electron chi connectivity index (χ0n) is 10.2. The van der Waals surface area contributed by atoms with E-state index in [2.05, 4.69) is 15.4 Å². The Hall–Kier alpha value is -2.64. The van der Waals surface area contributed by atoms with Gasteiger partial charge < -0.3 is 15.4 Å². The Kier molecular flexibility index (Phi) is 5.27. The Labute approximate surface area is 108 Å². The van der Waals surface area contributed by atoms with Crippen LogP contribution >= 0.6 is 0 Å². The summed E-state index contributed by atoms with van der Waals surface area (Å²) in [5, 5.41) is 15.2. The van der Waals surface area contributed by atoms with Crippen LogP contribution in [0.3, 0.4) is 0 Å². The lowest BCUT2D eigenvalue weighted by atomic mass is 10.3. The molecule has 2 amide bonds. The highest BCUT2D eigenvalue weighted by atomic mass is 16.6. The van der Waals surface area contributed by atoms with Gasteiger partial charge in [-0.2, -0.15) is 0 Å². The number of esters is 1. The molecule has 2 N–H and O–H groups in total. The van der Waals surface area contributed by atoms with E-state index in [1.165, 1.54) is 24.3 Å². The van der Waals surface area contributed by atoms with E-state index >= 15 is 0 Å².